The van der Waals surface area contributed by atoms with Crippen LogP contribution >= 0.6 is 19.4 Å². The Balaban J connectivity index is 2.13. The van der Waals surface area contributed by atoms with Crippen LogP contribution in [-0.4, -0.2) is 54.2 Å². The highest BCUT2D eigenvalue weighted by Gasteiger charge is 2.51. The number of rotatable bonds is 9. The van der Waals surface area contributed by atoms with Crippen LogP contribution in [0.3, 0.4) is 0 Å². The molecule has 1 saturated heterocycles. The standard InChI is InChI=1S/C18H28ClN2O9P/c1-11(2)29-16(23)12(3)7-9-27-31(25)28-10-13(26-5)15(30-31)18(4,19)21-8-6-14(22)20-17(21)24/h6,8,11-13,15H,7,9-10H2,1-5H3,(H,20,22,24)/t12?,13-,15-,18+,31?/m1/s1. The Morgan fingerprint density at radius 3 is 2.68 bits per heavy atom. The third kappa shape index (κ3) is 6.50. The van der Waals surface area contributed by atoms with E-state index in [1.165, 1.54) is 20.2 Å². The van der Waals surface area contributed by atoms with Crippen molar-refractivity contribution in [2.45, 2.75) is 57.4 Å². The maximum Gasteiger partial charge on any atom is 0.475 e. The van der Waals surface area contributed by atoms with E-state index in [9.17, 15) is 18.9 Å². The van der Waals surface area contributed by atoms with Crippen LogP contribution in [0.25, 0.3) is 0 Å². The second-order valence-corrected chi connectivity index (χ2v) is 9.94. The van der Waals surface area contributed by atoms with Crippen LogP contribution in [0.4, 0.5) is 0 Å². The molecule has 1 aliphatic rings. The predicted molar refractivity (Wildman–Crippen MR) is 111 cm³/mol. The molecule has 2 rings (SSSR count). The van der Waals surface area contributed by atoms with Crippen molar-refractivity contribution >= 4 is 25.4 Å². The number of hydrogen-bond donors (Lipinski definition) is 1. The van der Waals surface area contributed by atoms with Crippen molar-refractivity contribution in [3.8, 4) is 0 Å². The highest BCUT2D eigenvalue weighted by molar-refractivity contribution is 7.48. The van der Waals surface area contributed by atoms with Crippen LogP contribution in [-0.2, 0) is 37.4 Å². The summed E-state index contributed by atoms with van der Waals surface area (Å²) < 4.78 is 40.7. The van der Waals surface area contributed by atoms with Crippen molar-refractivity contribution in [3.63, 3.8) is 0 Å². The minimum atomic E-state index is -4.08. The van der Waals surface area contributed by atoms with Gasteiger partial charge in [-0.05, 0) is 27.2 Å². The molecule has 1 aliphatic heterocycles. The molecular formula is C18H28ClN2O9P. The molecule has 0 bridgehead atoms. The number of alkyl halides is 1. The molecule has 0 saturated carbocycles. The molecule has 13 heteroatoms. The number of phosphoric acid groups is 1. The van der Waals surface area contributed by atoms with Gasteiger partial charge in [0.2, 0.25) is 0 Å². The van der Waals surface area contributed by atoms with Gasteiger partial charge in [0.15, 0.2) is 0 Å². The number of aromatic nitrogens is 2. The maximum absolute atomic E-state index is 13.0. The van der Waals surface area contributed by atoms with E-state index < -0.39 is 48.2 Å². The van der Waals surface area contributed by atoms with Gasteiger partial charge in [-0.2, -0.15) is 0 Å². The lowest BCUT2D eigenvalue weighted by atomic mass is 10.1. The number of esters is 1. The van der Waals surface area contributed by atoms with E-state index in [0.29, 0.717) is 0 Å². The minimum Gasteiger partial charge on any atom is -0.463 e. The van der Waals surface area contributed by atoms with Gasteiger partial charge in [0.05, 0.1) is 25.2 Å². The number of hydrogen-bond acceptors (Lipinski definition) is 9. The first kappa shape index (κ1) is 25.8. The van der Waals surface area contributed by atoms with E-state index in [1.54, 1.807) is 20.8 Å². The molecule has 0 aromatic carbocycles. The molecule has 1 fully saturated rings. The highest BCUT2D eigenvalue weighted by atomic mass is 35.5. The van der Waals surface area contributed by atoms with E-state index in [4.69, 9.17) is 34.6 Å². The number of carbonyl (C=O) groups excluding carboxylic acids is 1. The van der Waals surface area contributed by atoms with Crippen molar-refractivity contribution in [1.82, 2.24) is 9.55 Å². The number of phosphoric ester groups is 1. The van der Waals surface area contributed by atoms with Gasteiger partial charge < -0.3 is 9.47 Å². The zero-order chi connectivity index (χ0) is 23.4. The van der Waals surface area contributed by atoms with Gasteiger partial charge in [-0.25, -0.2) is 9.36 Å². The summed E-state index contributed by atoms with van der Waals surface area (Å²) in [6.45, 7) is 6.31. The zero-order valence-corrected chi connectivity index (χ0v) is 19.7. The predicted octanol–water partition coefficient (Wildman–Crippen LogP) is 1.98. The Morgan fingerprint density at radius 1 is 1.42 bits per heavy atom. The number of nitrogens with zero attached hydrogens (tertiary/aromatic N) is 1. The fraction of sp³-hybridized carbons (Fsp3) is 0.722. The van der Waals surface area contributed by atoms with Crippen LogP contribution < -0.4 is 11.2 Å². The van der Waals surface area contributed by atoms with Crippen LogP contribution in [0.2, 0.25) is 0 Å². The maximum atomic E-state index is 13.0. The van der Waals surface area contributed by atoms with Gasteiger partial charge in [0.25, 0.3) is 5.56 Å². The Hall–Kier alpha value is -1.49. The lowest BCUT2D eigenvalue weighted by Gasteiger charge is -2.41. The number of aromatic amines is 1. The van der Waals surface area contributed by atoms with Gasteiger partial charge >= 0.3 is 19.5 Å². The smallest absolute Gasteiger partial charge is 0.463 e. The number of H-pyrrole nitrogens is 1. The Morgan fingerprint density at radius 2 is 2.10 bits per heavy atom. The van der Waals surface area contributed by atoms with Crippen molar-refractivity contribution < 1.29 is 32.4 Å². The van der Waals surface area contributed by atoms with Gasteiger partial charge in [0.1, 0.15) is 17.2 Å². The molecule has 2 unspecified atom stereocenters. The fourth-order valence-electron chi connectivity index (χ4n) is 2.89. The minimum absolute atomic E-state index is 0.104. The molecule has 1 aromatic heterocycles. The van der Waals surface area contributed by atoms with E-state index in [0.717, 1.165) is 10.6 Å². The molecule has 31 heavy (non-hydrogen) atoms. The van der Waals surface area contributed by atoms with E-state index in [1.807, 2.05) is 0 Å². The number of ether oxygens (including phenoxy) is 2. The van der Waals surface area contributed by atoms with Crippen molar-refractivity contribution in [2.24, 2.45) is 5.92 Å². The lowest BCUT2D eigenvalue weighted by molar-refractivity contribution is -0.152. The Kier molecular flexibility index (Phi) is 8.66. The summed E-state index contributed by atoms with van der Waals surface area (Å²) >= 11 is 6.62. The Labute approximate surface area is 184 Å². The fourth-order valence-corrected chi connectivity index (χ4v) is 4.74. The van der Waals surface area contributed by atoms with Gasteiger partial charge in [0, 0.05) is 19.4 Å². The first-order chi connectivity index (χ1) is 14.4. The third-order valence-electron chi connectivity index (χ3n) is 4.65. The molecular weight excluding hydrogens is 455 g/mol. The van der Waals surface area contributed by atoms with Crippen LogP contribution in [0.5, 0.6) is 0 Å². The molecule has 2 heterocycles. The van der Waals surface area contributed by atoms with Crippen LogP contribution in [0.15, 0.2) is 21.9 Å². The summed E-state index contributed by atoms with van der Waals surface area (Å²) in [4.78, 5) is 36.0. The lowest BCUT2D eigenvalue weighted by Crippen LogP contribution is -2.54. The summed E-state index contributed by atoms with van der Waals surface area (Å²) in [5, 5.41) is 0. The third-order valence-corrected chi connectivity index (χ3v) is 6.50. The first-order valence-electron chi connectivity index (χ1n) is 9.72. The number of methoxy groups -OCH3 is 1. The second kappa shape index (κ2) is 10.4. The van der Waals surface area contributed by atoms with Crippen molar-refractivity contribution in [3.05, 3.63) is 33.1 Å². The number of halogens is 1. The molecule has 176 valence electrons. The topological polar surface area (TPSA) is 135 Å². The summed E-state index contributed by atoms with van der Waals surface area (Å²) in [6.07, 6.45) is -0.743. The highest BCUT2D eigenvalue weighted by Crippen LogP contribution is 2.56. The average molecular weight is 483 g/mol. The molecule has 1 aromatic rings. The molecule has 0 amide bonds. The van der Waals surface area contributed by atoms with E-state index >= 15 is 0 Å². The average Bonchev–Trinajstić information content (AvgIpc) is 2.67. The van der Waals surface area contributed by atoms with Gasteiger partial charge in [-0.1, -0.05) is 18.5 Å². The molecule has 0 spiro atoms. The molecule has 0 radical (unpaired) electrons. The molecule has 1 N–H and O–H groups in total. The van der Waals surface area contributed by atoms with Gasteiger partial charge in [-0.3, -0.25) is 32.7 Å². The molecule has 5 atom stereocenters. The summed E-state index contributed by atoms with van der Waals surface area (Å²) in [6, 6.07) is 1.12. The second-order valence-electron chi connectivity index (χ2n) is 7.56. The van der Waals surface area contributed by atoms with Gasteiger partial charge in [-0.15, -0.1) is 0 Å². The van der Waals surface area contributed by atoms with E-state index in [-0.39, 0.29) is 25.7 Å². The van der Waals surface area contributed by atoms with Crippen molar-refractivity contribution in [2.75, 3.05) is 20.3 Å². The summed E-state index contributed by atoms with van der Waals surface area (Å²) in [5.41, 5.74) is -1.37. The van der Waals surface area contributed by atoms with Crippen LogP contribution in [0, 0.1) is 5.92 Å². The monoisotopic (exact) mass is 482 g/mol. The normalized spacial score (nSPS) is 26.9. The summed E-state index contributed by atoms with van der Waals surface area (Å²) in [7, 11) is -2.70. The SMILES string of the molecule is CO[C@@H]1COP(=O)(OCCC(C)C(=O)OC(C)C)O[C@H]1[C@@](C)(Cl)n1ccc(=O)[nH]c1=O. The number of nitrogens with one attached hydrogen (secondary N) is 1. The quantitative estimate of drug-likeness (QED) is 0.318. The van der Waals surface area contributed by atoms with Crippen LogP contribution in [0.1, 0.15) is 34.1 Å². The largest absolute Gasteiger partial charge is 0.475 e. The first-order valence-corrected chi connectivity index (χ1v) is 11.6. The molecule has 0 aliphatic carbocycles. The zero-order valence-electron chi connectivity index (χ0n) is 18.0. The van der Waals surface area contributed by atoms with Crippen molar-refractivity contribution in [1.29, 1.82) is 0 Å². The van der Waals surface area contributed by atoms with E-state index in [2.05, 4.69) is 4.98 Å². The Bertz CT molecular complexity index is 929. The summed E-state index contributed by atoms with van der Waals surface area (Å²) in [5.74, 6) is -0.884. The number of carbonyl (C=O) groups is 1. The molecule has 11 nitrogen and oxygen atoms in total.